The van der Waals surface area contributed by atoms with Crippen molar-refractivity contribution >= 4 is 23.7 Å². The van der Waals surface area contributed by atoms with E-state index < -0.39 is 5.91 Å². The summed E-state index contributed by atoms with van der Waals surface area (Å²) < 4.78 is 10.5. The van der Waals surface area contributed by atoms with Gasteiger partial charge in [0.25, 0.3) is 5.91 Å². The number of nitrogens with one attached hydrogen (secondary N) is 1. The molecule has 0 heterocycles. The van der Waals surface area contributed by atoms with E-state index in [1.165, 1.54) is 25.5 Å². The number of ether oxygens (including phenoxy) is 2. The zero-order valence-electron chi connectivity index (χ0n) is 14.2. The van der Waals surface area contributed by atoms with Crippen molar-refractivity contribution in [2.75, 3.05) is 13.7 Å². The van der Waals surface area contributed by atoms with Crippen molar-refractivity contribution in [1.29, 1.82) is 0 Å². The van der Waals surface area contributed by atoms with Crippen molar-refractivity contribution in [3.8, 4) is 17.2 Å². The quantitative estimate of drug-likeness (QED) is 0.611. The molecule has 2 N–H and O–H groups in total. The number of carbonyl (C=O) groups excluding carboxylic acids is 1. The number of halogens is 1. The summed E-state index contributed by atoms with van der Waals surface area (Å²) in [4.78, 5) is 11.8. The van der Waals surface area contributed by atoms with Crippen molar-refractivity contribution in [1.82, 2.24) is 5.43 Å². The minimum Gasteiger partial charge on any atom is -0.504 e. The lowest BCUT2D eigenvalue weighted by atomic mass is 10.1. The third-order valence-electron chi connectivity index (χ3n) is 3.37. The zero-order chi connectivity index (χ0) is 18.4. The molecule has 2 aromatic carbocycles. The molecular weight excluding hydrogens is 344 g/mol. The summed E-state index contributed by atoms with van der Waals surface area (Å²) in [5.74, 6) is 0.321. The van der Waals surface area contributed by atoms with Crippen molar-refractivity contribution in [2.24, 2.45) is 5.10 Å². The van der Waals surface area contributed by atoms with Crippen molar-refractivity contribution in [3.63, 3.8) is 0 Å². The molecule has 6 nitrogen and oxygen atoms in total. The largest absolute Gasteiger partial charge is 0.504 e. The molecule has 0 aromatic heterocycles. The first-order valence-corrected chi connectivity index (χ1v) is 7.87. The molecule has 0 aliphatic rings. The van der Waals surface area contributed by atoms with Crippen LogP contribution < -0.4 is 14.9 Å². The van der Waals surface area contributed by atoms with E-state index in [0.717, 1.165) is 11.1 Å². The minimum atomic E-state index is -0.426. The summed E-state index contributed by atoms with van der Waals surface area (Å²) in [5.41, 5.74) is 4.72. The molecule has 0 unspecified atom stereocenters. The lowest BCUT2D eigenvalue weighted by molar-refractivity contribution is -0.123. The highest BCUT2D eigenvalue weighted by Gasteiger charge is 2.09. The summed E-state index contributed by atoms with van der Waals surface area (Å²) in [7, 11) is 1.42. The van der Waals surface area contributed by atoms with Gasteiger partial charge in [0.2, 0.25) is 0 Å². The number of aromatic hydroxyl groups is 1. The maximum atomic E-state index is 11.8. The lowest BCUT2D eigenvalue weighted by Gasteiger charge is -2.09. The lowest BCUT2D eigenvalue weighted by Crippen LogP contribution is -2.24. The first kappa shape index (κ1) is 18.6. The smallest absolute Gasteiger partial charge is 0.277 e. The molecule has 132 valence electrons. The summed E-state index contributed by atoms with van der Waals surface area (Å²) in [5, 5.41) is 14.1. The molecule has 25 heavy (non-hydrogen) atoms. The fraction of sp³-hybridized carbons (Fsp3) is 0.222. The minimum absolute atomic E-state index is 0.114. The van der Waals surface area contributed by atoms with E-state index in [4.69, 9.17) is 21.1 Å². The fourth-order valence-corrected chi connectivity index (χ4v) is 2.38. The number of rotatable bonds is 6. The number of nitrogens with zero attached hydrogens (tertiary/aromatic N) is 1. The molecule has 0 saturated carbocycles. The Morgan fingerprint density at radius 2 is 2.04 bits per heavy atom. The molecule has 7 heteroatoms. The standard InChI is InChI=1S/C18H19ClN2O4/c1-11-4-5-15(12(2)6-11)25-10-17(22)21-20-9-13-7-14(19)8-16(24-3)18(13)23/h4-9,23H,10H2,1-3H3,(H,21,22)/b20-9+. The SMILES string of the molecule is COc1cc(Cl)cc(/C=N/NC(=O)COc2ccc(C)cc2C)c1O. The van der Waals surface area contributed by atoms with Crippen LogP contribution in [0.5, 0.6) is 17.2 Å². The molecule has 0 atom stereocenters. The fourth-order valence-electron chi connectivity index (χ4n) is 2.16. The Labute approximate surface area is 151 Å². The number of aryl methyl sites for hydroxylation is 2. The van der Waals surface area contributed by atoms with Crippen molar-refractivity contribution < 1.29 is 19.4 Å². The second-order valence-electron chi connectivity index (χ2n) is 5.40. The molecule has 0 radical (unpaired) electrons. The Balaban J connectivity index is 1.93. The predicted molar refractivity (Wildman–Crippen MR) is 96.8 cm³/mol. The number of hydrogen-bond acceptors (Lipinski definition) is 5. The average molecular weight is 363 g/mol. The highest BCUT2D eigenvalue weighted by molar-refractivity contribution is 6.31. The van der Waals surface area contributed by atoms with Gasteiger partial charge in [-0.05, 0) is 31.5 Å². The topological polar surface area (TPSA) is 80.2 Å². The second-order valence-corrected chi connectivity index (χ2v) is 5.83. The van der Waals surface area contributed by atoms with Gasteiger partial charge in [0.15, 0.2) is 18.1 Å². The Hall–Kier alpha value is -2.73. The van der Waals surface area contributed by atoms with Crippen LogP contribution in [0.25, 0.3) is 0 Å². The molecule has 2 rings (SSSR count). The van der Waals surface area contributed by atoms with Gasteiger partial charge in [-0.25, -0.2) is 5.43 Å². The molecule has 0 aliphatic carbocycles. The van der Waals surface area contributed by atoms with Gasteiger partial charge in [-0.2, -0.15) is 5.10 Å². The van der Waals surface area contributed by atoms with E-state index in [1.54, 1.807) is 0 Å². The monoisotopic (exact) mass is 362 g/mol. The van der Waals surface area contributed by atoms with E-state index in [1.807, 2.05) is 32.0 Å². The van der Waals surface area contributed by atoms with Gasteiger partial charge in [-0.1, -0.05) is 29.3 Å². The Bertz CT molecular complexity index is 806. The Morgan fingerprint density at radius 3 is 2.72 bits per heavy atom. The molecule has 0 bridgehead atoms. The van der Waals surface area contributed by atoms with Crippen LogP contribution in [-0.2, 0) is 4.79 Å². The van der Waals surface area contributed by atoms with Crippen LogP contribution in [0.15, 0.2) is 35.4 Å². The number of phenolic OH excluding ortho intramolecular Hbond substituents is 1. The zero-order valence-corrected chi connectivity index (χ0v) is 14.9. The summed E-state index contributed by atoms with van der Waals surface area (Å²) in [6, 6.07) is 8.68. The second kappa shape index (κ2) is 8.39. The number of methoxy groups -OCH3 is 1. The van der Waals surface area contributed by atoms with Crippen LogP contribution in [0.4, 0.5) is 0 Å². The van der Waals surface area contributed by atoms with Gasteiger partial charge < -0.3 is 14.6 Å². The van der Waals surface area contributed by atoms with Crippen molar-refractivity contribution in [2.45, 2.75) is 13.8 Å². The summed E-state index contributed by atoms with van der Waals surface area (Å²) >= 11 is 5.93. The Morgan fingerprint density at radius 1 is 1.28 bits per heavy atom. The van der Waals surface area contributed by atoms with E-state index in [0.29, 0.717) is 16.3 Å². The first-order chi connectivity index (χ1) is 11.9. The van der Waals surface area contributed by atoms with E-state index >= 15 is 0 Å². The molecule has 2 aromatic rings. The first-order valence-electron chi connectivity index (χ1n) is 7.49. The van der Waals surface area contributed by atoms with Gasteiger partial charge in [-0.15, -0.1) is 0 Å². The van der Waals surface area contributed by atoms with Crippen LogP contribution in [-0.4, -0.2) is 30.9 Å². The number of amides is 1. The maximum absolute atomic E-state index is 11.8. The van der Waals surface area contributed by atoms with Gasteiger partial charge in [0.1, 0.15) is 5.75 Å². The van der Waals surface area contributed by atoms with E-state index in [9.17, 15) is 9.90 Å². The Kier molecular flexibility index (Phi) is 6.25. The predicted octanol–water partition coefficient (Wildman–Crippen LogP) is 3.20. The van der Waals surface area contributed by atoms with Gasteiger partial charge in [0.05, 0.1) is 13.3 Å². The normalized spacial score (nSPS) is 10.7. The van der Waals surface area contributed by atoms with Crippen LogP contribution in [0.2, 0.25) is 5.02 Å². The highest BCUT2D eigenvalue weighted by atomic mass is 35.5. The summed E-state index contributed by atoms with van der Waals surface area (Å²) in [6.07, 6.45) is 1.28. The molecular formula is C18H19ClN2O4. The summed E-state index contributed by atoms with van der Waals surface area (Å²) in [6.45, 7) is 3.72. The van der Waals surface area contributed by atoms with Gasteiger partial charge in [-0.3, -0.25) is 4.79 Å². The third-order valence-corrected chi connectivity index (χ3v) is 3.59. The number of hydrazone groups is 1. The number of carbonyl (C=O) groups is 1. The number of benzene rings is 2. The maximum Gasteiger partial charge on any atom is 0.277 e. The van der Waals surface area contributed by atoms with Crippen LogP contribution in [0, 0.1) is 13.8 Å². The van der Waals surface area contributed by atoms with E-state index in [-0.39, 0.29) is 18.1 Å². The molecule has 0 fully saturated rings. The molecule has 0 saturated heterocycles. The third kappa shape index (κ3) is 5.12. The highest BCUT2D eigenvalue weighted by Crippen LogP contribution is 2.32. The average Bonchev–Trinajstić information content (AvgIpc) is 2.56. The van der Waals surface area contributed by atoms with Crippen LogP contribution >= 0.6 is 11.6 Å². The van der Waals surface area contributed by atoms with Crippen LogP contribution in [0.3, 0.4) is 0 Å². The molecule has 1 amide bonds. The molecule has 0 aliphatic heterocycles. The number of phenols is 1. The van der Waals surface area contributed by atoms with E-state index in [2.05, 4.69) is 10.5 Å². The van der Waals surface area contributed by atoms with Crippen molar-refractivity contribution in [3.05, 3.63) is 52.0 Å². The molecule has 0 spiro atoms. The van der Waals surface area contributed by atoms with Gasteiger partial charge in [0, 0.05) is 16.7 Å². The number of hydrogen-bond donors (Lipinski definition) is 2. The van der Waals surface area contributed by atoms with Crippen LogP contribution in [0.1, 0.15) is 16.7 Å². The van der Waals surface area contributed by atoms with Gasteiger partial charge >= 0.3 is 0 Å².